The highest BCUT2D eigenvalue weighted by Gasteiger charge is 2.23. The monoisotopic (exact) mass is 292 g/mol. The Balaban J connectivity index is 1.57. The van der Waals surface area contributed by atoms with E-state index < -0.39 is 0 Å². The topological polar surface area (TPSA) is 46.3 Å². The molecule has 1 aromatic heterocycles. The summed E-state index contributed by atoms with van der Waals surface area (Å²) in [6, 6.07) is 14.3. The first-order valence-corrected chi connectivity index (χ1v) is 7.48. The number of hydrogen-bond donors (Lipinski definition) is 0. The maximum Gasteiger partial charge on any atom is 0.227 e. The molecule has 0 bridgehead atoms. The largest absolute Gasteiger partial charge is 0.361 e. The molecule has 22 heavy (non-hydrogen) atoms. The molecular formula is C18H16N2O2. The van der Waals surface area contributed by atoms with E-state index in [-0.39, 0.29) is 5.91 Å². The van der Waals surface area contributed by atoms with Gasteiger partial charge in [-0.25, -0.2) is 0 Å². The predicted molar refractivity (Wildman–Crippen MR) is 83.3 cm³/mol. The van der Waals surface area contributed by atoms with E-state index >= 15 is 0 Å². The van der Waals surface area contributed by atoms with Gasteiger partial charge in [-0.15, -0.1) is 0 Å². The van der Waals surface area contributed by atoms with E-state index in [0.29, 0.717) is 19.5 Å². The Bertz CT molecular complexity index is 832. The average Bonchev–Trinajstić information content (AvgIpc) is 3.02. The van der Waals surface area contributed by atoms with Gasteiger partial charge in [0.25, 0.3) is 0 Å². The van der Waals surface area contributed by atoms with Crippen LogP contribution in [-0.4, -0.2) is 22.5 Å². The van der Waals surface area contributed by atoms with Crippen LogP contribution in [0.1, 0.15) is 16.9 Å². The van der Waals surface area contributed by atoms with Gasteiger partial charge < -0.3 is 9.42 Å². The molecule has 0 saturated heterocycles. The molecule has 0 saturated carbocycles. The van der Waals surface area contributed by atoms with Crippen molar-refractivity contribution in [2.24, 2.45) is 0 Å². The number of aromatic nitrogens is 1. The van der Waals surface area contributed by atoms with E-state index in [2.05, 4.69) is 23.4 Å². The van der Waals surface area contributed by atoms with Crippen molar-refractivity contribution < 1.29 is 9.32 Å². The van der Waals surface area contributed by atoms with Gasteiger partial charge in [0.05, 0.1) is 19.2 Å². The third-order valence-corrected chi connectivity index (χ3v) is 4.27. The van der Waals surface area contributed by atoms with Crippen molar-refractivity contribution in [3.05, 3.63) is 65.5 Å². The standard InChI is InChI=1S/C18H16N2O2/c21-18(20-9-8-17-15(12-20)11-19-22-17)10-14-6-3-5-13-4-1-2-7-16(13)14/h1-7,11H,8-10,12H2. The normalized spacial score (nSPS) is 14.1. The molecule has 0 radical (unpaired) electrons. The Morgan fingerprint density at radius 2 is 2.05 bits per heavy atom. The molecule has 1 amide bonds. The second-order valence-corrected chi connectivity index (χ2v) is 5.65. The van der Waals surface area contributed by atoms with Gasteiger partial charge in [-0.3, -0.25) is 4.79 Å². The molecule has 4 rings (SSSR count). The molecule has 0 spiro atoms. The fourth-order valence-corrected chi connectivity index (χ4v) is 3.07. The summed E-state index contributed by atoms with van der Waals surface area (Å²) in [6.45, 7) is 1.30. The first kappa shape index (κ1) is 13.1. The van der Waals surface area contributed by atoms with Crippen molar-refractivity contribution in [1.82, 2.24) is 10.1 Å². The molecule has 4 heteroatoms. The molecule has 0 N–H and O–H groups in total. The Kier molecular flexibility index (Phi) is 3.15. The Hall–Kier alpha value is -2.62. The lowest BCUT2D eigenvalue weighted by Crippen LogP contribution is -2.36. The highest BCUT2D eigenvalue weighted by molar-refractivity contribution is 5.90. The van der Waals surface area contributed by atoms with E-state index in [4.69, 9.17) is 4.52 Å². The van der Waals surface area contributed by atoms with Crippen LogP contribution in [0, 0.1) is 0 Å². The smallest absolute Gasteiger partial charge is 0.227 e. The number of benzene rings is 2. The van der Waals surface area contributed by atoms with Crippen molar-refractivity contribution >= 4 is 16.7 Å². The van der Waals surface area contributed by atoms with Gasteiger partial charge in [-0.2, -0.15) is 0 Å². The number of fused-ring (bicyclic) bond motifs is 2. The van der Waals surface area contributed by atoms with Gasteiger partial charge in [0.1, 0.15) is 5.76 Å². The second-order valence-electron chi connectivity index (χ2n) is 5.65. The molecule has 0 atom stereocenters. The lowest BCUT2D eigenvalue weighted by molar-refractivity contribution is -0.131. The summed E-state index contributed by atoms with van der Waals surface area (Å²) in [5.74, 6) is 1.07. The van der Waals surface area contributed by atoms with E-state index in [9.17, 15) is 4.79 Å². The van der Waals surface area contributed by atoms with Crippen LogP contribution in [0.25, 0.3) is 10.8 Å². The Labute approximate surface area is 128 Å². The van der Waals surface area contributed by atoms with E-state index in [1.54, 1.807) is 6.20 Å². The van der Waals surface area contributed by atoms with Crippen LogP contribution in [0.3, 0.4) is 0 Å². The summed E-state index contributed by atoms with van der Waals surface area (Å²) in [6.07, 6.45) is 2.89. The molecule has 0 unspecified atom stereocenters. The predicted octanol–water partition coefficient (Wildman–Crippen LogP) is 2.96. The van der Waals surface area contributed by atoms with Crippen LogP contribution in [0.2, 0.25) is 0 Å². The number of carbonyl (C=O) groups excluding carboxylic acids is 1. The maximum absolute atomic E-state index is 12.6. The van der Waals surface area contributed by atoms with Crippen molar-refractivity contribution in [3.63, 3.8) is 0 Å². The summed E-state index contributed by atoms with van der Waals surface area (Å²) >= 11 is 0. The van der Waals surface area contributed by atoms with Gasteiger partial charge in [0.15, 0.2) is 0 Å². The third kappa shape index (κ3) is 2.26. The van der Waals surface area contributed by atoms with Crippen LogP contribution in [0.4, 0.5) is 0 Å². The Morgan fingerprint density at radius 3 is 3.00 bits per heavy atom. The minimum absolute atomic E-state index is 0.156. The number of amides is 1. The van der Waals surface area contributed by atoms with Gasteiger partial charge in [0.2, 0.25) is 5.91 Å². The fourth-order valence-electron chi connectivity index (χ4n) is 3.07. The van der Waals surface area contributed by atoms with Crippen LogP contribution in [0.5, 0.6) is 0 Å². The van der Waals surface area contributed by atoms with Crippen LogP contribution >= 0.6 is 0 Å². The summed E-state index contributed by atoms with van der Waals surface area (Å²) in [5.41, 5.74) is 2.11. The highest BCUT2D eigenvalue weighted by atomic mass is 16.5. The summed E-state index contributed by atoms with van der Waals surface area (Å²) in [7, 11) is 0. The summed E-state index contributed by atoms with van der Waals surface area (Å²) in [4.78, 5) is 14.5. The second kappa shape index (κ2) is 5.30. The van der Waals surface area contributed by atoms with Crippen molar-refractivity contribution in [2.75, 3.05) is 6.54 Å². The minimum Gasteiger partial charge on any atom is -0.361 e. The van der Waals surface area contributed by atoms with Crippen LogP contribution < -0.4 is 0 Å². The number of rotatable bonds is 2. The molecule has 2 aromatic carbocycles. The lowest BCUT2D eigenvalue weighted by Gasteiger charge is -2.26. The summed E-state index contributed by atoms with van der Waals surface area (Å²) < 4.78 is 5.17. The Morgan fingerprint density at radius 1 is 1.18 bits per heavy atom. The molecule has 0 fully saturated rings. The molecule has 1 aliphatic rings. The highest BCUT2D eigenvalue weighted by Crippen LogP contribution is 2.22. The average molecular weight is 292 g/mol. The van der Waals surface area contributed by atoms with Gasteiger partial charge >= 0.3 is 0 Å². The molecular weight excluding hydrogens is 276 g/mol. The number of carbonyl (C=O) groups is 1. The number of nitrogens with zero attached hydrogens (tertiary/aromatic N) is 2. The van der Waals surface area contributed by atoms with Gasteiger partial charge in [-0.05, 0) is 16.3 Å². The molecule has 0 aliphatic carbocycles. The molecule has 110 valence electrons. The molecule has 4 nitrogen and oxygen atoms in total. The maximum atomic E-state index is 12.6. The third-order valence-electron chi connectivity index (χ3n) is 4.27. The summed E-state index contributed by atoms with van der Waals surface area (Å²) in [5, 5.41) is 6.14. The van der Waals surface area contributed by atoms with Gasteiger partial charge in [0, 0.05) is 18.5 Å². The zero-order valence-electron chi connectivity index (χ0n) is 12.2. The van der Waals surface area contributed by atoms with E-state index in [0.717, 1.165) is 28.7 Å². The molecule has 2 heterocycles. The molecule has 1 aliphatic heterocycles. The van der Waals surface area contributed by atoms with Crippen molar-refractivity contribution in [1.29, 1.82) is 0 Å². The van der Waals surface area contributed by atoms with Gasteiger partial charge in [-0.1, -0.05) is 47.6 Å². The first-order valence-electron chi connectivity index (χ1n) is 7.48. The molecule has 3 aromatic rings. The van der Waals surface area contributed by atoms with Crippen LogP contribution in [-0.2, 0) is 24.2 Å². The van der Waals surface area contributed by atoms with Crippen LogP contribution in [0.15, 0.2) is 53.2 Å². The SMILES string of the molecule is O=C(Cc1cccc2ccccc12)N1CCc2oncc2C1. The zero-order chi connectivity index (χ0) is 14.9. The first-order chi connectivity index (χ1) is 10.8. The zero-order valence-corrected chi connectivity index (χ0v) is 12.2. The quantitative estimate of drug-likeness (QED) is 0.729. The van der Waals surface area contributed by atoms with E-state index in [1.807, 2.05) is 29.2 Å². The van der Waals surface area contributed by atoms with E-state index in [1.165, 1.54) is 5.39 Å². The van der Waals surface area contributed by atoms with Crippen molar-refractivity contribution in [2.45, 2.75) is 19.4 Å². The lowest BCUT2D eigenvalue weighted by atomic mass is 10.0. The minimum atomic E-state index is 0.156. The number of hydrogen-bond acceptors (Lipinski definition) is 3. The fraction of sp³-hybridized carbons (Fsp3) is 0.222. The van der Waals surface area contributed by atoms with Crippen molar-refractivity contribution in [3.8, 4) is 0 Å².